The Hall–Kier alpha value is -1.84. The van der Waals surface area contributed by atoms with Crippen molar-refractivity contribution in [1.82, 2.24) is 10.2 Å². The lowest BCUT2D eigenvalue weighted by Gasteiger charge is -2.17. The number of thiophene rings is 1. The van der Waals surface area contributed by atoms with E-state index in [4.69, 9.17) is 5.11 Å². The molecule has 1 aromatic heterocycles. The second-order valence-corrected chi connectivity index (χ2v) is 5.77. The Morgan fingerprint density at radius 1 is 1.48 bits per heavy atom. The van der Waals surface area contributed by atoms with Crippen molar-refractivity contribution in [3.05, 3.63) is 21.9 Å². The van der Waals surface area contributed by atoms with Crippen LogP contribution in [0.15, 0.2) is 11.4 Å². The van der Waals surface area contributed by atoms with Gasteiger partial charge in [0.2, 0.25) is 5.91 Å². The quantitative estimate of drug-likeness (QED) is 0.800. The molecule has 2 amide bonds. The summed E-state index contributed by atoms with van der Waals surface area (Å²) in [7, 11) is 1.59. The summed E-state index contributed by atoms with van der Waals surface area (Å²) in [6.07, 6.45) is 0.413. The topological polar surface area (TPSA) is 69.6 Å². The van der Waals surface area contributed by atoms with Gasteiger partial charge < -0.3 is 15.3 Å². The summed E-state index contributed by atoms with van der Waals surface area (Å²) in [4.78, 5) is 26.0. The van der Waals surface area contributed by atoms with Crippen LogP contribution in [0.25, 0.3) is 0 Å². The zero-order chi connectivity index (χ0) is 15.8. The normalized spacial score (nSPS) is 9.95. The summed E-state index contributed by atoms with van der Waals surface area (Å²) in [5.41, 5.74) is 0.521. The maximum atomic E-state index is 12.2. The fourth-order valence-electron chi connectivity index (χ4n) is 1.59. The van der Waals surface area contributed by atoms with Crippen LogP contribution in [0.2, 0.25) is 0 Å². The van der Waals surface area contributed by atoms with Crippen molar-refractivity contribution in [2.24, 2.45) is 0 Å². The number of nitrogens with zero attached hydrogens (tertiary/aromatic N) is 1. The SMILES string of the molecule is CC(C)NC(=O)CN(C)C(=O)c1csc(C#CCCO)c1. The van der Waals surface area contributed by atoms with E-state index in [2.05, 4.69) is 17.2 Å². The highest BCUT2D eigenvalue weighted by Gasteiger charge is 2.16. The van der Waals surface area contributed by atoms with Crippen LogP contribution < -0.4 is 5.32 Å². The highest BCUT2D eigenvalue weighted by molar-refractivity contribution is 7.10. The van der Waals surface area contributed by atoms with Crippen LogP contribution in [-0.2, 0) is 4.79 Å². The fraction of sp³-hybridized carbons (Fsp3) is 0.467. The largest absolute Gasteiger partial charge is 0.395 e. The van der Waals surface area contributed by atoms with Gasteiger partial charge in [0, 0.05) is 24.9 Å². The third kappa shape index (κ3) is 5.98. The molecule has 0 bridgehead atoms. The van der Waals surface area contributed by atoms with E-state index in [0.29, 0.717) is 12.0 Å². The van der Waals surface area contributed by atoms with Crippen LogP contribution in [-0.4, -0.2) is 48.1 Å². The molecule has 0 aliphatic carbocycles. The molecule has 5 nitrogen and oxygen atoms in total. The number of hydrogen-bond donors (Lipinski definition) is 2. The van der Waals surface area contributed by atoms with Gasteiger partial charge in [0.05, 0.1) is 23.6 Å². The average molecular weight is 308 g/mol. The Labute approximate surface area is 129 Å². The molecule has 0 unspecified atom stereocenters. The minimum absolute atomic E-state index is 0.0257. The molecule has 2 N–H and O–H groups in total. The molecule has 0 fully saturated rings. The molecular weight excluding hydrogens is 288 g/mol. The third-order valence-corrected chi connectivity index (χ3v) is 3.32. The standard InChI is InChI=1S/C15H20N2O3S/c1-11(2)16-14(19)9-17(3)15(20)12-8-13(21-10-12)6-4-5-7-18/h8,10-11,18H,5,7,9H2,1-3H3,(H,16,19). The van der Waals surface area contributed by atoms with Crippen molar-refractivity contribution in [3.8, 4) is 11.8 Å². The Morgan fingerprint density at radius 3 is 2.81 bits per heavy atom. The van der Waals surface area contributed by atoms with Crippen molar-refractivity contribution < 1.29 is 14.7 Å². The summed E-state index contributed by atoms with van der Waals surface area (Å²) in [5, 5.41) is 13.1. The molecule has 0 saturated carbocycles. The number of amides is 2. The van der Waals surface area contributed by atoms with Gasteiger partial charge in [0.25, 0.3) is 5.91 Å². The monoisotopic (exact) mass is 308 g/mol. The van der Waals surface area contributed by atoms with Crippen molar-refractivity contribution >= 4 is 23.2 Å². The molecule has 0 aromatic carbocycles. The first-order valence-electron chi connectivity index (χ1n) is 6.67. The molecule has 0 saturated heterocycles. The van der Waals surface area contributed by atoms with E-state index in [1.54, 1.807) is 18.5 Å². The van der Waals surface area contributed by atoms with Gasteiger partial charge in [0.1, 0.15) is 0 Å². The van der Waals surface area contributed by atoms with Crippen LogP contribution in [0.5, 0.6) is 0 Å². The van der Waals surface area contributed by atoms with Crippen molar-refractivity contribution in [2.75, 3.05) is 20.2 Å². The van der Waals surface area contributed by atoms with Crippen LogP contribution in [0.4, 0.5) is 0 Å². The fourth-order valence-corrected chi connectivity index (χ4v) is 2.34. The van der Waals surface area contributed by atoms with Gasteiger partial charge in [0.15, 0.2) is 0 Å². The molecule has 1 rings (SSSR count). The van der Waals surface area contributed by atoms with E-state index in [9.17, 15) is 9.59 Å². The molecule has 0 aliphatic heterocycles. The molecule has 0 atom stereocenters. The maximum absolute atomic E-state index is 12.2. The molecular formula is C15H20N2O3S. The van der Waals surface area contributed by atoms with Gasteiger partial charge in [-0.2, -0.15) is 0 Å². The first kappa shape index (κ1) is 17.2. The summed E-state index contributed by atoms with van der Waals surface area (Å²) in [5.74, 6) is 5.30. The lowest BCUT2D eigenvalue weighted by atomic mass is 10.2. The molecule has 21 heavy (non-hydrogen) atoms. The summed E-state index contributed by atoms with van der Waals surface area (Å²) < 4.78 is 0. The van der Waals surface area contributed by atoms with Gasteiger partial charge in [-0.05, 0) is 19.9 Å². The summed E-state index contributed by atoms with van der Waals surface area (Å²) in [6.45, 7) is 3.79. The van der Waals surface area contributed by atoms with Crippen LogP contribution >= 0.6 is 11.3 Å². The van der Waals surface area contributed by atoms with E-state index in [1.807, 2.05) is 13.8 Å². The Balaban J connectivity index is 2.63. The number of rotatable bonds is 5. The molecule has 0 spiro atoms. The highest BCUT2D eigenvalue weighted by atomic mass is 32.1. The Morgan fingerprint density at radius 2 is 2.19 bits per heavy atom. The number of aliphatic hydroxyl groups excluding tert-OH is 1. The second kappa shape index (κ2) is 8.45. The van der Waals surface area contributed by atoms with E-state index in [0.717, 1.165) is 4.88 Å². The maximum Gasteiger partial charge on any atom is 0.254 e. The Bertz CT molecular complexity index is 555. The summed E-state index contributed by atoms with van der Waals surface area (Å²) in [6, 6.07) is 1.75. The minimum atomic E-state index is -0.208. The molecule has 6 heteroatoms. The highest BCUT2D eigenvalue weighted by Crippen LogP contribution is 2.15. The van der Waals surface area contributed by atoms with Gasteiger partial charge in [-0.25, -0.2) is 0 Å². The smallest absolute Gasteiger partial charge is 0.254 e. The van der Waals surface area contributed by atoms with Gasteiger partial charge in [-0.1, -0.05) is 11.8 Å². The molecule has 0 aliphatic rings. The second-order valence-electron chi connectivity index (χ2n) is 4.86. The first-order valence-corrected chi connectivity index (χ1v) is 7.55. The molecule has 1 heterocycles. The predicted octanol–water partition coefficient (Wildman–Crippen LogP) is 1.08. The molecule has 1 aromatic rings. The van der Waals surface area contributed by atoms with Gasteiger partial charge in [-0.15, -0.1) is 11.3 Å². The van der Waals surface area contributed by atoms with Crippen molar-refractivity contribution in [1.29, 1.82) is 0 Å². The summed E-state index contributed by atoms with van der Waals surface area (Å²) >= 11 is 1.37. The molecule has 0 radical (unpaired) electrons. The van der Waals surface area contributed by atoms with E-state index >= 15 is 0 Å². The number of aliphatic hydroxyl groups is 1. The van der Waals surface area contributed by atoms with Crippen LogP contribution in [0.3, 0.4) is 0 Å². The zero-order valence-corrected chi connectivity index (χ0v) is 13.3. The van der Waals surface area contributed by atoms with Crippen molar-refractivity contribution in [3.63, 3.8) is 0 Å². The third-order valence-electron chi connectivity index (χ3n) is 2.47. The minimum Gasteiger partial charge on any atom is -0.395 e. The van der Waals surface area contributed by atoms with Crippen LogP contribution in [0.1, 0.15) is 35.5 Å². The van der Waals surface area contributed by atoms with Gasteiger partial charge in [-0.3, -0.25) is 9.59 Å². The lowest BCUT2D eigenvalue weighted by molar-refractivity contribution is -0.122. The molecule has 114 valence electrons. The first-order chi connectivity index (χ1) is 9.93. The number of nitrogens with one attached hydrogen (secondary N) is 1. The van der Waals surface area contributed by atoms with E-state index in [-0.39, 0.29) is 31.0 Å². The van der Waals surface area contributed by atoms with Crippen LogP contribution in [0, 0.1) is 11.8 Å². The predicted molar refractivity (Wildman–Crippen MR) is 83.1 cm³/mol. The number of likely N-dealkylation sites (N-methyl/N-ethyl adjacent to an activating group) is 1. The van der Waals surface area contributed by atoms with E-state index < -0.39 is 0 Å². The average Bonchev–Trinajstić information content (AvgIpc) is 2.85. The van der Waals surface area contributed by atoms with E-state index in [1.165, 1.54) is 16.2 Å². The number of carbonyl (C=O) groups excluding carboxylic acids is 2. The van der Waals surface area contributed by atoms with Crippen molar-refractivity contribution in [2.45, 2.75) is 26.3 Å². The zero-order valence-electron chi connectivity index (χ0n) is 12.5. The van der Waals surface area contributed by atoms with Gasteiger partial charge >= 0.3 is 0 Å². The number of carbonyl (C=O) groups is 2. The lowest BCUT2D eigenvalue weighted by Crippen LogP contribution is -2.40. The Kier molecular flexibility index (Phi) is 6.92. The number of hydrogen-bond acceptors (Lipinski definition) is 4.